The Balaban J connectivity index is 0.000000126. The Labute approximate surface area is 773 Å². The van der Waals surface area contributed by atoms with Crippen LogP contribution < -0.4 is 45.0 Å². The van der Waals surface area contributed by atoms with Gasteiger partial charge >= 0.3 is 22.8 Å². The molecule has 0 atom stereocenters. The first kappa shape index (κ1) is 91.8. The number of fused-ring (bicyclic) bond motifs is 12. The molecule has 4 saturated heterocycles. The normalized spacial score (nSPS) is 14.7. The van der Waals surface area contributed by atoms with Crippen molar-refractivity contribution in [3.63, 3.8) is 0 Å². The summed E-state index contributed by atoms with van der Waals surface area (Å²) in [5, 5.41) is 1.97. The SMILES string of the molecule is CC(=O)Cc1ccc(-c2ccc3ncc4c(=O)[nH]c(=O)n(C5CCN(C(C)=O)CC5)c4c3n2)cn1.CC(=O)N1CCC(n2c(=O)[nH]c(=O)c3cnc4ccc(-c5ccc(S(C)(=O)=O)nc5)nc4c32)CC1.CSc1ccc(-c2ccc3ncc4c(=O)[nH]c(=O)n(C5CCN(C(C)=O)CC5)c4c3n2)cn1.[C-]#[N+]c1ccc(-c2ccc3ncc4c(=O)[nH]c(=O)n(C5CCN(C(C)=O)CC5)c4c3n2)cn1. The minimum absolute atomic E-state index is 0.00549. The number of hydrogen-bond acceptors (Lipinski definition) is 28. The summed E-state index contributed by atoms with van der Waals surface area (Å²) in [7, 11) is -3.44. The molecule has 4 N–H and O–H groups in total. The van der Waals surface area contributed by atoms with Crippen LogP contribution in [0.5, 0.6) is 0 Å². The number of aromatic nitrogens is 20. The van der Waals surface area contributed by atoms with E-state index in [-0.39, 0.29) is 87.0 Å². The van der Waals surface area contributed by atoms with E-state index in [4.69, 9.17) is 26.5 Å². The largest absolute Gasteiger partial charge is 0.361 e. The number of carbonyl (C=O) groups excluding carboxylic acids is 5. The third-order valence-corrected chi connectivity index (χ3v) is 26.6. The number of hydrogen-bond donors (Lipinski definition) is 4. The molecule has 0 unspecified atom stereocenters. The van der Waals surface area contributed by atoms with Crippen molar-refractivity contribution in [2.45, 2.75) is 127 Å². The predicted molar refractivity (Wildman–Crippen MR) is 508 cm³/mol. The molecule has 0 bridgehead atoms. The van der Waals surface area contributed by atoms with E-state index >= 15 is 0 Å². The Kier molecular flexibility index (Phi) is 25.8. The molecule has 16 aromatic heterocycles. The molecule has 16 aromatic rings. The molecule has 4 aliphatic rings. The molecule has 0 saturated carbocycles. The number of likely N-dealkylation sites (tertiary alicyclic amines) is 4. The number of nitrogens with zero attached hydrogens (tertiary/aromatic N) is 21. The average Bonchev–Trinajstić information content (AvgIpc) is 0.754. The second kappa shape index (κ2) is 38.3. The van der Waals surface area contributed by atoms with Crippen LogP contribution in [0.4, 0.5) is 5.82 Å². The van der Waals surface area contributed by atoms with E-state index in [1.54, 1.807) is 130 Å². The molecule has 0 radical (unpaired) electrons. The van der Waals surface area contributed by atoms with Gasteiger partial charge in [0.2, 0.25) is 23.6 Å². The highest BCUT2D eigenvalue weighted by atomic mass is 32.2. The van der Waals surface area contributed by atoms with Gasteiger partial charge in [-0.25, -0.2) is 57.5 Å². The Morgan fingerprint density at radius 1 is 0.368 bits per heavy atom. The second-order valence-corrected chi connectivity index (χ2v) is 36.3. The lowest BCUT2D eigenvalue weighted by atomic mass is 10.0. The van der Waals surface area contributed by atoms with E-state index in [1.807, 2.05) is 42.7 Å². The van der Waals surface area contributed by atoms with E-state index < -0.39 is 54.8 Å². The number of piperidine rings is 4. The zero-order chi connectivity index (χ0) is 95.8. The minimum Gasteiger partial charge on any atom is -0.361 e. The van der Waals surface area contributed by atoms with Crippen molar-refractivity contribution in [2.75, 3.05) is 64.9 Å². The summed E-state index contributed by atoms with van der Waals surface area (Å²) in [6, 6.07) is 27.4. The molecule has 4 aliphatic heterocycles. The van der Waals surface area contributed by atoms with Crippen molar-refractivity contribution in [3.8, 4) is 45.0 Å². The van der Waals surface area contributed by atoms with Gasteiger partial charge in [-0.15, -0.1) is 16.7 Å². The van der Waals surface area contributed by atoms with Gasteiger partial charge in [-0.3, -0.25) is 106 Å². The van der Waals surface area contributed by atoms with Crippen LogP contribution in [0, 0.1) is 6.57 Å². The van der Waals surface area contributed by atoms with E-state index in [2.05, 4.69) is 64.7 Å². The first-order valence-corrected chi connectivity index (χ1v) is 46.7. The number of ketones is 1. The first-order valence-electron chi connectivity index (χ1n) is 43.6. The number of amides is 4. The third-order valence-electron chi connectivity index (χ3n) is 24.9. The molecule has 0 aliphatic carbocycles. The van der Waals surface area contributed by atoms with Crippen LogP contribution in [0.3, 0.4) is 0 Å². The van der Waals surface area contributed by atoms with Crippen LogP contribution in [0.2, 0.25) is 0 Å². The van der Waals surface area contributed by atoms with E-state index in [1.165, 1.54) is 64.7 Å². The predicted octanol–water partition coefficient (Wildman–Crippen LogP) is 8.32. The van der Waals surface area contributed by atoms with Crippen molar-refractivity contribution < 1.29 is 32.4 Å². The van der Waals surface area contributed by atoms with Crippen LogP contribution in [-0.4, -0.2) is 220 Å². The van der Waals surface area contributed by atoms with Gasteiger partial charge in [-0.1, -0.05) is 12.6 Å². The lowest BCUT2D eigenvalue weighted by Gasteiger charge is -2.32. The van der Waals surface area contributed by atoms with Crippen LogP contribution >= 0.6 is 11.8 Å². The topological polar surface area (TPSA) is 511 Å². The number of nitrogens with one attached hydrogen (secondary N) is 4. The number of rotatable bonds is 12. The average molecular weight is 1870 g/mol. The maximum Gasteiger partial charge on any atom is 0.329 e. The summed E-state index contributed by atoms with van der Waals surface area (Å²) >= 11 is 1.56. The number of Topliss-reactive ketones (excluding diaryl/α,β-unsaturated/α-hetero) is 1. The van der Waals surface area contributed by atoms with Gasteiger partial charge in [-0.05, 0) is 156 Å². The summed E-state index contributed by atoms with van der Waals surface area (Å²) in [5.74, 6) is 0.331. The molecule has 0 spiro atoms. The first-order chi connectivity index (χ1) is 65.4. The van der Waals surface area contributed by atoms with Crippen molar-refractivity contribution in [2.24, 2.45) is 0 Å². The molecule has 20 rings (SSSR count). The summed E-state index contributed by atoms with van der Waals surface area (Å²) in [6.07, 6.45) is 20.3. The molecule has 0 aromatic carbocycles. The van der Waals surface area contributed by atoms with Crippen LogP contribution in [-0.2, 0) is 40.2 Å². The van der Waals surface area contributed by atoms with Gasteiger partial charge in [-0.2, -0.15) is 0 Å². The van der Waals surface area contributed by atoms with Crippen molar-refractivity contribution >= 4 is 145 Å². The van der Waals surface area contributed by atoms with Gasteiger partial charge in [0.1, 0.15) is 34.0 Å². The fourth-order valence-electron chi connectivity index (χ4n) is 17.9. The van der Waals surface area contributed by atoms with Crippen LogP contribution in [0.25, 0.3) is 138 Å². The Hall–Kier alpha value is -16.1. The number of H-pyrrole nitrogens is 4. The molecule has 42 heteroatoms. The number of pyridine rings is 12. The highest BCUT2D eigenvalue weighted by Crippen LogP contribution is 2.36. The second-order valence-electron chi connectivity index (χ2n) is 33.5. The number of sulfone groups is 1. The van der Waals surface area contributed by atoms with Gasteiger partial charge in [0, 0.05) is 188 Å². The number of thioether (sulfide) groups is 1. The fourth-order valence-corrected chi connectivity index (χ4v) is 18.8. The molecule has 40 nitrogen and oxygen atoms in total. The maximum absolute atomic E-state index is 13.0. The molecule has 4 amide bonds. The maximum atomic E-state index is 13.0. The minimum atomic E-state index is -3.44. The van der Waals surface area contributed by atoms with E-state index in [0.717, 1.165) is 22.4 Å². The van der Waals surface area contributed by atoms with E-state index in [9.17, 15) is 70.7 Å². The van der Waals surface area contributed by atoms with Crippen LogP contribution in [0.15, 0.2) is 195 Å². The van der Waals surface area contributed by atoms with E-state index in [0.29, 0.717) is 215 Å². The summed E-state index contributed by atoms with van der Waals surface area (Å²) in [4.78, 5) is 234. The molecule has 20 heterocycles. The quantitative estimate of drug-likeness (QED) is 0.0507. The summed E-state index contributed by atoms with van der Waals surface area (Å²) < 4.78 is 29.9. The molecule has 4 fully saturated rings. The van der Waals surface area contributed by atoms with Gasteiger partial charge in [0.05, 0.1) is 93.5 Å². The Bertz CT molecular complexity index is 8250. The Morgan fingerprint density at radius 2 is 0.654 bits per heavy atom. The van der Waals surface area contributed by atoms with Crippen LogP contribution in [0.1, 0.15) is 116 Å². The Morgan fingerprint density at radius 3 is 0.890 bits per heavy atom. The molecule has 136 heavy (non-hydrogen) atoms. The lowest BCUT2D eigenvalue weighted by Crippen LogP contribution is -2.41. The lowest BCUT2D eigenvalue weighted by molar-refractivity contribution is -0.130. The number of carbonyl (C=O) groups is 5. The van der Waals surface area contributed by atoms with Crippen molar-refractivity contribution in [1.82, 2.24) is 118 Å². The zero-order valence-corrected chi connectivity index (χ0v) is 76.2. The van der Waals surface area contributed by atoms with Gasteiger partial charge < -0.3 is 24.4 Å². The van der Waals surface area contributed by atoms with Crippen molar-refractivity contribution in [3.05, 3.63) is 247 Å². The highest BCUT2D eigenvalue weighted by Gasteiger charge is 2.33. The van der Waals surface area contributed by atoms with Gasteiger partial charge in [0.25, 0.3) is 28.1 Å². The highest BCUT2D eigenvalue weighted by molar-refractivity contribution is 7.98. The molecular formula is C94H87N25O15S2. The molecular weight excluding hydrogens is 1780 g/mol. The third kappa shape index (κ3) is 18.7. The van der Waals surface area contributed by atoms with Crippen molar-refractivity contribution in [1.29, 1.82) is 0 Å². The van der Waals surface area contributed by atoms with Gasteiger partial charge in [0.15, 0.2) is 14.9 Å². The summed E-state index contributed by atoms with van der Waals surface area (Å²) in [6.45, 7) is 19.0. The smallest absolute Gasteiger partial charge is 0.329 e. The zero-order valence-electron chi connectivity index (χ0n) is 74.5. The fraction of sp³-hybridized carbons (Fsp3) is 0.298. The monoisotopic (exact) mass is 1870 g/mol. The summed E-state index contributed by atoms with van der Waals surface area (Å²) in [5.41, 5.74) is 7.52. The standard InChI is InChI=1S/C25H24N6O4.C23H19N7O3.C23H22N6O5S.C23H22N6O3S/c1-14(32)11-17-4-3-16(12-26-17)20-5-6-21-22(28-20)23-19(13-27-21)24(34)29-25(35)31(23)18-7-9-30(10-8-18)15(2)33;1-13(31)29-9-7-15(8-10-29)30-21-16(22(32)28-23(30)33)12-25-18-5-4-17(27-20(18)21)14-3-6-19(24-2)26-11-14;1-13(30)28-9-7-15(8-10-28)29-21-16(22(31)27-23(29)32)12-24-18-5-4-17(26-20(18)21)14-3-6-19(25-11-14)35(2,33)34;1-13(30)28-9-7-15(8-10-28)29-21-16(22(31)27-23(29)32)12-24-18-5-4-17(26-20(18)21)14-3-6-19(33-2)25-11-14/h3-6,12-13,18H,7-11H2,1-2H3,(H,29,34,35);3-6,11-12,15H,7-10H2,1H3,(H,28,32,33);3-6,11-12,15H,7-10H2,1-2H3,(H,27,31,32);3-6,11-12,15H,7-10H2,1-2H3,(H,27,31,32). The number of aromatic amines is 4. The molecule has 690 valence electrons.